The minimum Gasteiger partial charge on any atom is -0.497 e. The van der Waals surface area contributed by atoms with E-state index in [-0.39, 0.29) is 5.56 Å². The number of para-hydroxylation sites is 1. The molecule has 4 nitrogen and oxygen atoms in total. The predicted octanol–water partition coefficient (Wildman–Crippen LogP) is 3.48. The van der Waals surface area contributed by atoms with Crippen LogP contribution < -0.4 is 4.74 Å². The summed E-state index contributed by atoms with van der Waals surface area (Å²) in [4.78, 5) is 11.3. The Hall–Kier alpha value is -2.82. The lowest BCUT2D eigenvalue weighted by Gasteiger charge is -2.08. The summed E-state index contributed by atoms with van der Waals surface area (Å²) in [5.41, 5.74) is 1.38. The summed E-state index contributed by atoms with van der Waals surface area (Å²) in [5.74, 6) is -1.09. The van der Waals surface area contributed by atoms with Gasteiger partial charge in [0.05, 0.1) is 23.9 Å². The topological polar surface area (TPSA) is 51.5 Å². The first-order valence-corrected chi connectivity index (χ1v) is 6.28. The van der Waals surface area contributed by atoms with Gasteiger partial charge in [-0.1, -0.05) is 18.2 Å². The Bertz CT molecular complexity index is 839. The molecule has 21 heavy (non-hydrogen) atoms. The quantitative estimate of drug-likeness (QED) is 0.801. The highest BCUT2D eigenvalue weighted by Gasteiger charge is 2.15. The number of ether oxygens (including phenoxy) is 1. The molecule has 1 aromatic heterocycles. The zero-order chi connectivity index (χ0) is 15.0. The molecular formula is C16H12FNO3. The second kappa shape index (κ2) is 4.94. The van der Waals surface area contributed by atoms with Gasteiger partial charge in [-0.2, -0.15) is 0 Å². The summed E-state index contributed by atoms with van der Waals surface area (Å²) >= 11 is 0. The van der Waals surface area contributed by atoms with E-state index in [4.69, 9.17) is 4.74 Å². The van der Waals surface area contributed by atoms with Crippen molar-refractivity contribution in [3.8, 4) is 11.4 Å². The van der Waals surface area contributed by atoms with Crippen LogP contribution in [-0.4, -0.2) is 22.8 Å². The molecule has 0 atom stereocenters. The van der Waals surface area contributed by atoms with Gasteiger partial charge in [0.2, 0.25) is 0 Å². The number of carboxylic acid groups (broad SMARTS) is 1. The first kappa shape index (κ1) is 13.2. The minimum atomic E-state index is -1.02. The number of benzene rings is 2. The molecule has 106 valence electrons. The molecule has 0 radical (unpaired) electrons. The van der Waals surface area contributed by atoms with Crippen molar-refractivity contribution in [2.45, 2.75) is 0 Å². The number of aromatic carboxylic acids is 1. The fraction of sp³-hybridized carbons (Fsp3) is 0.0625. The van der Waals surface area contributed by atoms with Crippen LogP contribution >= 0.6 is 0 Å². The van der Waals surface area contributed by atoms with E-state index in [9.17, 15) is 14.3 Å². The molecule has 2 aromatic carbocycles. The van der Waals surface area contributed by atoms with Gasteiger partial charge in [-0.05, 0) is 12.1 Å². The van der Waals surface area contributed by atoms with Gasteiger partial charge in [0.1, 0.15) is 11.6 Å². The zero-order valence-electron chi connectivity index (χ0n) is 11.2. The van der Waals surface area contributed by atoms with Crippen molar-refractivity contribution in [3.63, 3.8) is 0 Å². The average Bonchev–Trinajstić information content (AvgIpc) is 2.86. The molecule has 0 bridgehead atoms. The number of methoxy groups -OCH3 is 1. The maximum Gasteiger partial charge on any atom is 0.337 e. The number of carboxylic acids is 1. The van der Waals surface area contributed by atoms with Crippen LogP contribution in [0, 0.1) is 5.82 Å². The van der Waals surface area contributed by atoms with Gasteiger partial charge in [0, 0.05) is 23.7 Å². The van der Waals surface area contributed by atoms with Crippen LogP contribution in [0.15, 0.2) is 48.7 Å². The molecule has 1 heterocycles. The monoisotopic (exact) mass is 285 g/mol. The van der Waals surface area contributed by atoms with Crippen LogP contribution in [0.1, 0.15) is 10.4 Å². The number of hydrogen-bond acceptors (Lipinski definition) is 2. The van der Waals surface area contributed by atoms with Crippen molar-refractivity contribution >= 4 is 16.9 Å². The molecule has 0 saturated heterocycles. The summed E-state index contributed by atoms with van der Waals surface area (Å²) in [7, 11) is 1.45. The molecule has 1 N–H and O–H groups in total. The van der Waals surface area contributed by atoms with Gasteiger partial charge in [-0.25, -0.2) is 9.18 Å². The zero-order valence-corrected chi connectivity index (χ0v) is 11.2. The number of aromatic nitrogens is 1. The Morgan fingerprint density at radius 3 is 2.71 bits per heavy atom. The number of fused-ring (bicyclic) bond motifs is 1. The Labute approximate surface area is 120 Å². The Kier molecular flexibility index (Phi) is 3.10. The van der Waals surface area contributed by atoms with E-state index >= 15 is 0 Å². The molecule has 3 aromatic rings. The fourth-order valence-corrected chi connectivity index (χ4v) is 2.37. The Morgan fingerprint density at radius 2 is 2.00 bits per heavy atom. The summed E-state index contributed by atoms with van der Waals surface area (Å²) in [6, 6.07) is 11.4. The first-order valence-electron chi connectivity index (χ1n) is 6.28. The number of carbonyl (C=O) groups is 1. The van der Waals surface area contributed by atoms with Crippen LogP contribution in [0.4, 0.5) is 4.39 Å². The molecule has 0 fully saturated rings. The number of halogens is 1. The second-order valence-corrected chi connectivity index (χ2v) is 4.58. The van der Waals surface area contributed by atoms with Crippen LogP contribution in [0.5, 0.6) is 5.75 Å². The lowest BCUT2D eigenvalue weighted by atomic mass is 10.2. The molecule has 5 heteroatoms. The van der Waals surface area contributed by atoms with Crippen molar-refractivity contribution in [1.29, 1.82) is 0 Å². The van der Waals surface area contributed by atoms with Gasteiger partial charge in [-0.15, -0.1) is 0 Å². The van der Waals surface area contributed by atoms with Crippen LogP contribution in [-0.2, 0) is 0 Å². The highest BCUT2D eigenvalue weighted by atomic mass is 19.1. The van der Waals surface area contributed by atoms with Crippen LogP contribution in [0.25, 0.3) is 16.6 Å². The third-order valence-corrected chi connectivity index (χ3v) is 3.31. The van der Waals surface area contributed by atoms with Gasteiger partial charge in [0.15, 0.2) is 0 Å². The first-order chi connectivity index (χ1) is 10.1. The molecule has 0 aliphatic carbocycles. The second-order valence-electron chi connectivity index (χ2n) is 4.58. The van der Waals surface area contributed by atoms with Gasteiger partial charge in [-0.3, -0.25) is 0 Å². The maximum atomic E-state index is 13.7. The smallest absolute Gasteiger partial charge is 0.337 e. The summed E-state index contributed by atoms with van der Waals surface area (Å²) < 4.78 is 20.4. The molecule has 0 spiro atoms. The van der Waals surface area contributed by atoms with Gasteiger partial charge < -0.3 is 14.4 Å². The fourth-order valence-electron chi connectivity index (χ4n) is 2.37. The Morgan fingerprint density at radius 1 is 1.24 bits per heavy atom. The van der Waals surface area contributed by atoms with Crippen LogP contribution in [0.3, 0.4) is 0 Å². The van der Waals surface area contributed by atoms with Crippen molar-refractivity contribution in [2.24, 2.45) is 0 Å². The van der Waals surface area contributed by atoms with E-state index in [1.807, 2.05) is 0 Å². The number of hydrogen-bond donors (Lipinski definition) is 1. The third kappa shape index (κ3) is 2.23. The highest BCUT2D eigenvalue weighted by Crippen LogP contribution is 2.27. The molecule has 0 amide bonds. The average molecular weight is 285 g/mol. The standard InChI is InChI=1S/C16H12FNO3/c1-21-12-7-10(17)6-11(8-12)18-9-14(16(19)20)13-4-2-3-5-15(13)18/h2-9H,1H3,(H,19,20). The van der Waals surface area contributed by atoms with Gasteiger partial charge in [0.25, 0.3) is 0 Å². The Balaban J connectivity index is 2.30. The summed E-state index contributed by atoms with van der Waals surface area (Å²) in [5, 5.41) is 9.89. The number of rotatable bonds is 3. The normalized spacial score (nSPS) is 10.8. The summed E-state index contributed by atoms with van der Waals surface area (Å²) in [6.07, 6.45) is 1.49. The number of nitrogens with zero attached hydrogens (tertiary/aromatic N) is 1. The molecular weight excluding hydrogens is 273 g/mol. The van der Waals surface area contributed by atoms with Crippen molar-refractivity contribution < 1.29 is 19.0 Å². The van der Waals surface area contributed by atoms with E-state index in [2.05, 4.69) is 0 Å². The van der Waals surface area contributed by atoms with Crippen molar-refractivity contribution in [2.75, 3.05) is 7.11 Å². The largest absolute Gasteiger partial charge is 0.497 e. The molecule has 0 unspecified atom stereocenters. The van der Waals surface area contributed by atoms with Gasteiger partial charge >= 0.3 is 5.97 Å². The SMILES string of the molecule is COc1cc(F)cc(-n2cc(C(=O)O)c3ccccc32)c1. The lowest BCUT2D eigenvalue weighted by molar-refractivity contribution is 0.0699. The summed E-state index contributed by atoms with van der Waals surface area (Å²) in [6.45, 7) is 0. The molecule has 3 rings (SSSR count). The van der Waals surface area contributed by atoms with Crippen molar-refractivity contribution in [3.05, 3.63) is 60.0 Å². The molecule has 0 aliphatic rings. The van der Waals surface area contributed by atoms with E-state index < -0.39 is 11.8 Å². The minimum absolute atomic E-state index is 0.175. The lowest BCUT2D eigenvalue weighted by Crippen LogP contribution is -1.96. The third-order valence-electron chi connectivity index (χ3n) is 3.31. The molecule has 0 saturated carbocycles. The van der Waals surface area contributed by atoms with E-state index in [0.29, 0.717) is 22.3 Å². The van der Waals surface area contributed by atoms with Crippen molar-refractivity contribution in [1.82, 2.24) is 4.57 Å². The van der Waals surface area contributed by atoms with Crippen LogP contribution in [0.2, 0.25) is 0 Å². The van der Waals surface area contributed by atoms with E-state index in [1.54, 1.807) is 34.9 Å². The molecule has 0 aliphatic heterocycles. The predicted molar refractivity (Wildman–Crippen MR) is 76.7 cm³/mol. The maximum absolute atomic E-state index is 13.7. The van der Waals surface area contributed by atoms with E-state index in [0.717, 1.165) is 0 Å². The van der Waals surface area contributed by atoms with E-state index in [1.165, 1.54) is 25.4 Å². The highest BCUT2D eigenvalue weighted by molar-refractivity contribution is 6.04.